The molecule has 0 saturated carbocycles. The molecule has 5 nitrogen and oxygen atoms in total. The van der Waals surface area contributed by atoms with Gasteiger partial charge in [0.05, 0.1) is 18.7 Å². The molecule has 0 bridgehead atoms. The first-order chi connectivity index (χ1) is 11.2. The van der Waals surface area contributed by atoms with Crippen LogP contribution in [-0.2, 0) is 6.54 Å². The van der Waals surface area contributed by atoms with Crippen molar-refractivity contribution in [3.05, 3.63) is 40.9 Å². The third-order valence-electron chi connectivity index (χ3n) is 3.45. The summed E-state index contributed by atoms with van der Waals surface area (Å²) in [6.45, 7) is 3.31. The fourth-order valence-electron chi connectivity index (χ4n) is 2.37. The van der Waals surface area contributed by atoms with E-state index in [9.17, 15) is 0 Å². The number of benzene rings is 2. The van der Waals surface area contributed by atoms with Gasteiger partial charge >= 0.3 is 0 Å². The maximum absolute atomic E-state index is 6.28. The molecule has 23 heavy (non-hydrogen) atoms. The van der Waals surface area contributed by atoms with Crippen molar-refractivity contribution in [2.45, 2.75) is 13.5 Å². The van der Waals surface area contributed by atoms with Gasteiger partial charge in [0.2, 0.25) is 6.79 Å². The zero-order valence-electron chi connectivity index (χ0n) is 13.0. The molecule has 0 spiro atoms. The maximum Gasteiger partial charge on any atom is 0.231 e. The lowest BCUT2D eigenvalue weighted by atomic mass is 10.2. The Morgan fingerprint density at radius 1 is 1.17 bits per heavy atom. The van der Waals surface area contributed by atoms with Gasteiger partial charge in [0, 0.05) is 18.3 Å². The third-order valence-corrected chi connectivity index (χ3v) is 3.73. The molecule has 1 heterocycles. The van der Waals surface area contributed by atoms with Crippen LogP contribution in [0.4, 0.5) is 5.69 Å². The van der Waals surface area contributed by atoms with Crippen molar-refractivity contribution in [2.75, 3.05) is 25.8 Å². The van der Waals surface area contributed by atoms with E-state index in [1.54, 1.807) is 7.11 Å². The first-order valence-electron chi connectivity index (χ1n) is 7.34. The molecule has 0 aliphatic carbocycles. The van der Waals surface area contributed by atoms with E-state index in [0.717, 1.165) is 22.7 Å². The van der Waals surface area contributed by atoms with Crippen LogP contribution in [0.3, 0.4) is 0 Å². The molecule has 0 amide bonds. The van der Waals surface area contributed by atoms with Gasteiger partial charge in [-0.15, -0.1) is 0 Å². The summed E-state index contributed by atoms with van der Waals surface area (Å²) in [5, 5.41) is 3.87. The van der Waals surface area contributed by atoms with Gasteiger partial charge in [-0.05, 0) is 36.8 Å². The number of nitrogens with one attached hydrogen (secondary N) is 1. The largest absolute Gasteiger partial charge is 0.493 e. The molecule has 0 unspecified atom stereocenters. The van der Waals surface area contributed by atoms with Crippen LogP contribution in [-0.4, -0.2) is 20.5 Å². The Hall–Kier alpha value is -2.27. The Balaban J connectivity index is 1.74. The van der Waals surface area contributed by atoms with Crippen LogP contribution in [0.2, 0.25) is 5.02 Å². The van der Waals surface area contributed by atoms with Gasteiger partial charge in [-0.2, -0.15) is 0 Å². The topological polar surface area (TPSA) is 49.0 Å². The highest BCUT2D eigenvalue weighted by molar-refractivity contribution is 6.32. The standard InChI is InChI=1S/C17H18ClNO4/c1-3-21-17-13(18)6-11(7-16(17)20-2)9-19-12-4-5-14-15(8-12)23-10-22-14/h4-8,19H,3,9-10H2,1-2H3. The quantitative estimate of drug-likeness (QED) is 0.861. The number of methoxy groups -OCH3 is 1. The smallest absolute Gasteiger partial charge is 0.231 e. The summed E-state index contributed by atoms with van der Waals surface area (Å²) in [5.74, 6) is 2.71. The molecule has 122 valence electrons. The highest BCUT2D eigenvalue weighted by Crippen LogP contribution is 2.37. The van der Waals surface area contributed by atoms with Crippen molar-refractivity contribution in [3.63, 3.8) is 0 Å². The van der Waals surface area contributed by atoms with Crippen LogP contribution in [0, 0.1) is 0 Å². The normalized spacial score (nSPS) is 12.1. The highest BCUT2D eigenvalue weighted by atomic mass is 35.5. The van der Waals surface area contributed by atoms with E-state index in [2.05, 4.69) is 5.32 Å². The first-order valence-corrected chi connectivity index (χ1v) is 7.71. The number of fused-ring (bicyclic) bond motifs is 1. The average molecular weight is 336 g/mol. The molecule has 0 aromatic heterocycles. The van der Waals surface area contributed by atoms with Crippen LogP contribution in [0.25, 0.3) is 0 Å². The molecule has 2 aromatic rings. The molecule has 0 radical (unpaired) electrons. The van der Waals surface area contributed by atoms with Crippen LogP contribution in [0.1, 0.15) is 12.5 Å². The van der Waals surface area contributed by atoms with Crippen molar-refractivity contribution >= 4 is 17.3 Å². The molecule has 2 aromatic carbocycles. The van der Waals surface area contributed by atoms with E-state index in [-0.39, 0.29) is 6.79 Å². The van der Waals surface area contributed by atoms with Crippen LogP contribution < -0.4 is 24.3 Å². The second-order valence-electron chi connectivity index (χ2n) is 4.96. The minimum atomic E-state index is 0.268. The van der Waals surface area contributed by atoms with Crippen LogP contribution in [0.5, 0.6) is 23.0 Å². The summed E-state index contributed by atoms with van der Waals surface area (Å²) in [7, 11) is 1.60. The van der Waals surface area contributed by atoms with Crippen LogP contribution >= 0.6 is 11.6 Å². The third kappa shape index (κ3) is 3.40. The first kappa shape index (κ1) is 15.6. The zero-order chi connectivity index (χ0) is 16.2. The summed E-state index contributed by atoms with van der Waals surface area (Å²) in [6.07, 6.45) is 0. The van der Waals surface area contributed by atoms with Gasteiger partial charge < -0.3 is 24.3 Å². The number of halogens is 1. The SMILES string of the molecule is CCOc1c(Cl)cc(CNc2ccc3c(c2)OCO3)cc1OC. The number of hydrogen-bond acceptors (Lipinski definition) is 5. The van der Waals surface area contributed by atoms with Gasteiger partial charge in [-0.25, -0.2) is 0 Å². The van der Waals surface area contributed by atoms with Gasteiger partial charge in [0.25, 0.3) is 0 Å². The van der Waals surface area contributed by atoms with Crippen molar-refractivity contribution in [1.82, 2.24) is 0 Å². The number of rotatable bonds is 6. The number of ether oxygens (including phenoxy) is 4. The molecule has 1 aliphatic heterocycles. The number of hydrogen-bond donors (Lipinski definition) is 1. The van der Waals surface area contributed by atoms with Crippen molar-refractivity contribution in [3.8, 4) is 23.0 Å². The van der Waals surface area contributed by atoms with E-state index < -0.39 is 0 Å². The summed E-state index contributed by atoms with van der Waals surface area (Å²) in [5.41, 5.74) is 1.94. The Morgan fingerprint density at radius 2 is 2.00 bits per heavy atom. The fourth-order valence-corrected chi connectivity index (χ4v) is 2.66. The molecular formula is C17H18ClNO4. The van der Waals surface area contributed by atoms with Crippen LogP contribution in [0.15, 0.2) is 30.3 Å². The zero-order valence-corrected chi connectivity index (χ0v) is 13.8. The van der Waals surface area contributed by atoms with E-state index >= 15 is 0 Å². The Labute approximate surface area is 140 Å². The lowest BCUT2D eigenvalue weighted by Crippen LogP contribution is -2.02. The molecule has 1 aliphatic rings. The van der Waals surface area contributed by atoms with E-state index in [0.29, 0.717) is 29.7 Å². The Morgan fingerprint density at radius 3 is 2.78 bits per heavy atom. The molecule has 6 heteroatoms. The van der Waals surface area contributed by atoms with Crippen molar-refractivity contribution < 1.29 is 18.9 Å². The predicted octanol–water partition coefficient (Wildman–Crippen LogP) is 4.09. The predicted molar refractivity (Wildman–Crippen MR) is 89.1 cm³/mol. The minimum absolute atomic E-state index is 0.268. The van der Waals surface area contributed by atoms with Gasteiger partial charge in [0.15, 0.2) is 23.0 Å². The van der Waals surface area contributed by atoms with Crippen molar-refractivity contribution in [1.29, 1.82) is 0 Å². The van der Waals surface area contributed by atoms with Gasteiger partial charge in [0.1, 0.15) is 0 Å². The van der Waals surface area contributed by atoms with Crippen molar-refractivity contribution in [2.24, 2.45) is 0 Å². The fraction of sp³-hybridized carbons (Fsp3) is 0.294. The molecular weight excluding hydrogens is 318 g/mol. The summed E-state index contributed by atoms with van der Waals surface area (Å²) in [6, 6.07) is 9.53. The lowest BCUT2D eigenvalue weighted by Gasteiger charge is -2.14. The minimum Gasteiger partial charge on any atom is -0.493 e. The lowest BCUT2D eigenvalue weighted by molar-refractivity contribution is 0.174. The van der Waals surface area contributed by atoms with Gasteiger partial charge in [-0.1, -0.05) is 11.6 Å². The monoisotopic (exact) mass is 335 g/mol. The summed E-state index contributed by atoms with van der Waals surface area (Å²) in [4.78, 5) is 0. The molecule has 3 rings (SSSR count). The highest BCUT2D eigenvalue weighted by Gasteiger charge is 2.14. The second-order valence-corrected chi connectivity index (χ2v) is 5.37. The van der Waals surface area contributed by atoms with E-state index in [4.69, 9.17) is 30.5 Å². The summed E-state index contributed by atoms with van der Waals surface area (Å²) >= 11 is 6.28. The Bertz CT molecular complexity index is 705. The molecule has 1 N–H and O–H groups in total. The molecule has 0 saturated heterocycles. The maximum atomic E-state index is 6.28. The Kier molecular flexibility index (Phi) is 4.67. The summed E-state index contributed by atoms with van der Waals surface area (Å²) < 4.78 is 21.5. The van der Waals surface area contributed by atoms with E-state index in [1.807, 2.05) is 37.3 Å². The number of anilines is 1. The molecule has 0 fully saturated rings. The average Bonchev–Trinajstić information content (AvgIpc) is 3.02. The van der Waals surface area contributed by atoms with Gasteiger partial charge in [-0.3, -0.25) is 0 Å². The second kappa shape index (κ2) is 6.87. The molecule has 0 atom stereocenters. The van der Waals surface area contributed by atoms with E-state index in [1.165, 1.54) is 0 Å².